The fourth-order valence-electron chi connectivity index (χ4n) is 1.10. The van der Waals surface area contributed by atoms with Gasteiger partial charge >= 0.3 is 11.8 Å². The molecule has 3 N–H and O–H groups in total. The third-order valence-corrected chi connectivity index (χ3v) is 2.34. The number of carbonyl (C=O) groups is 2. The molecule has 0 aliphatic carbocycles. The van der Waals surface area contributed by atoms with Crippen molar-refractivity contribution in [3.05, 3.63) is 29.0 Å². The van der Waals surface area contributed by atoms with Crippen molar-refractivity contribution in [1.82, 2.24) is 5.32 Å². The van der Waals surface area contributed by atoms with Gasteiger partial charge in [-0.3, -0.25) is 9.59 Å². The normalized spacial score (nSPS) is 11.8. The Bertz CT molecular complexity index is 468. The number of carbonyl (C=O) groups excluding carboxylic acids is 2. The van der Waals surface area contributed by atoms with Crippen LogP contribution in [-0.4, -0.2) is 29.6 Å². The van der Waals surface area contributed by atoms with Crippen LogP contribution in [0.5, 0.6) is 0 Å². The van der Waals surface area contributed by atoms with Crippen molar-refractivity contribution in [3.63, 3.8) is 0 Å². The van der Waals surface area contributed by atoms with Gasteiger partial charge in [-0.25, -0.2) is 4.39 Å². The number of anilines is 1. The van der Waals surface area contributed by atoms with Gasteiger partial charge < -0.3 is 15.7 Å². The lowest BCUT2D eigenvalue weighted by atomic mass is 10.3. The van der Waals surface area contributed by atoms with E-state index < -0.39 is 23.7 Å². The molecule has 0 saturated heterocycles. The minimum Gasteiger partial charge on any atom is -0.394 e. The summed E-state index contributed by atoms with van der Waals surface area (Å²) in [5.41, 5.74) is 0.119. The van der Waals surface area contributed by atoms with E-state index in [-0.39, 0.29) is 17.3 Å². The Hall–Kier alpha value is -1.66. The van der Waals surface area contributed by atoms with Gasteiger partial charge in [-0.05, 0) is 25.1 Å². The van der Waals surface area contributed by atoms with E-state index in [0.29, 0.717) is 0 Å². The Morgan fingerprint density at radius 3 is 2.67 bits per heavy atom. The van der Waals surface area contributed by atoms with E-state index in [0.717, 1.165) is 6.07 Å². The second kappa shape index (κ2) is 6.32. The van der Waals surface area contributed by atoms with Crippen LogP contribution >= 0.6 is 11.6 Å². The minimum absolute atomic E-state index is 0.0775. The van der Waals surface area contributed by atoms with E-state index in [4.69, 9.17) is 16.7 Å². The molecule has 0 saturated carbocycles. The molecule has 0 fully saturated rings. The molecule has 18 heavy (non-hydrogen) atoms. The van der Waals surface area contributed by atoms with E-state index in [1.807, 2.05) is 0 Å². The van der Waals surface area contributed by atoms with Gasteiger partial charge in [-0.1, -0.05) is 11.6 Å². The first-order chi connectivity index (χ1) is 8.43. The number of benzene rings is 1. The van der Waals surface area contributed by atoms with Crippen molar-refractivity contribution >= 4 is 29.1 Å². The summed E-state index contributed by atoms with van der Waals surface area (Å²) >= 11 is 5.47. The van der Waals surface area contributed by atoms with Crippen LogP contribution in [0, 0.1) is 5.82 Å². The monoisotopic (exact) mass is 274 g/mol. The van der Waals surface area contributed by atoms with Crippen molar-refractivity contribution in [2.75, 3.05) is 11.9 Å². The molecule has 1 unspecified atom stereocenters. The van der Waals surface area contributed by atoms with Gasteiger partial charge in [0.1, 0.15) is 5.82 Å². The molecule has 7 heteroatoms. The van der Waals surface area contributed by atoms with E-state index in [1.54, 1.807) is 0 Å². The van der Waals surface area contributed by atoms with Crippen molar-refractivity contribution in [2.24, 2.45) is 0 Å². The van der Waals surface area contributed by atoms with E-state index in [9.17, 15) is 14.0 Å². The smallest absolute Gasteiger partial charge is 0.313 e. The molecule has 1 aromatic rings. The average molecular weight is 275 g/mol. The molecular weight excluding hydrogens is 263 g/mol. The van der Waals surface area contributed by atoms with Crippen LogP contribution in [0.15, 0.2) is 18.2 Å². The molecule has 5 nitrogen and oxygen atoms in total. The second-order valence-electron chi connectivity index (χ2n) is 3.64. The largest absolute Gasteiger partial charge is 0.394 e. The lowest BCUT2D eigenvalue weighted by molar-refractivity contribution is -0.136. The first kappa shape index (κ1) is 14.4. The van der Waals surface area contributed by atoms with Crippen molar-refractivity contribution in [2.45, 2.75) is 13.0 Å². The summed E-state index contributed by atoms with van der Waals surface area (Å²) in [6, 6.07) is 3.10. The van der Waals surface area contributed by atoms with Gasteiger partial charge in [0.15, 0.2) is 0 Å². The first-order valence-corrected chi connectivity index (χ1v) is 5.49. The Kier molecular flexibility index (Phi) is 5.06. The van der Waals surface area contributed by atoms with E-state index in [2.05, 4.69) is 10.6 Å². The molecule has 0 heterocycles. The van der Waals surface area contributed by atoms with Crippen LogP contribution in [0.25, 0.3) is 0 Å². The Morgan fingerprint density at radius 1 is 1.44 bits per heavy atom. The summed E-state index contributed by atoms with van der Waals surface area (Å²) < 4.78 is 13.1. The highest BCUT2D eigenvalue weighted by atomic mass is 35.5. The van der Waals surface area contributed by atoms with Crippen LogP contribution in [-0.2, 0) is 9.59 Å². The standard InChI is InChI=1S/C11H12ClFN2O3/c1-6(5-16)14-10(17)11(18)15-7-2-3-8(12)9(13)4-7/h2-4,6,16H,5H2,1H3,(H,14,17)(H,15,18). The zero-order valence-corrected chi connectivity index (χ0v) is 10.3. The zero-order chi connectivity index (χ0) is 13.7. The average Bonchev–Trinajstić information content (AvgIpc) is 2.33. The number of aliphatic hydroxyl groups excluding tert-OH is 1. The highest BCUT2D eigenvalue weighted by Crippen LogP contribution is 2.18. The topological polar surface area (TPSA) is 78.4 Å². The number of hydrogen-bond donors (Lipinski definition) is 3. The zero-order valence-electron chi connectivity index (χ0n) is 9.54. The van der Waals surface area contributed by atoms with Gasteiger partial charge in [0, 0.05) is 11.7 Å². The Labute approximate surface area is 108 Å². The maximum atomic E-state index is 13.1. The van der Waals surface area contributed by atoms with Crippen LogP contribution in [0.1, 0.15) is 6.92 Å². The third kappa shape index (κ3) is 3.97. The summed E-state index contributed by atoms with van der Waals surface area (Å²) in [5, 5.41) is 13.1. The molecule has 2 amide bonds. The lowest BCUT2D eigenvalue weighted by Gasteiger charge is -2.10. The molecule has 0 aromatic heterocycles. The molecule has 98 valence electrons. The lowest BCUT2D eigenvalue weighted by Crippen LogP contribution is -2.42. The van der Waals surface area contributed by atoms with Gasteiger partial charge in [-0.2, -0.15) is 0 Å². The summed E-state index contributed by atoms with van der Waals surface area (Å²) in [6.07, 6.45) is 0. The molecular formula is C11H12ClFN2O3. The first-order valence-electron chi connectivity index (χ1n) is 5.11. The molecule has 0 aliphatic heterocycles. The van der Waals surface area contributed by atoms with Crippen LogP contribution in [0.2, 0.25) is 5.02 Å². The predicted molar refractivity (Wildman–Crippen MR) is 64.7 cm³/mol. The highest BCUT2D eigenvalue weighted by molar-refractivity contribution is 6.39. The van der Waals surface area contributed by atoms with E-state index in [1.165, 1.54) is 19.1 Å². The number of halogens is 2. The number of hydrogen-bond acceptors (Lipinski definition) is 3. The van der Waals surface area contributed by atoms with E-state index >= 15 is 0 Å². The quantitative estimate of drug-likeness (QED) is 0.717. The summed E-state index contributed by atoms with van der Waals surface area (Å²) in [4.78, 5) is 22.7. The van der Waals surface area contributed by atoms with Gasteiger partial charge in [0.05, 0.1) is 11.6 Å². The summed E-state index contributed by atoms with van der Waals surface area (Å²) in [5.74, 6) is -2.55. The fraction of sp³-hybridized carbons (Fsp3) is 0.273. The predicted octanol–water partition coefficient (Wildman–Crippen LogP) is 0.915. The number of amides is 2. The second-order valence-corrected chi connectivity index (χ2v) is 4.05. The van der Waals surface area contributed by atoms with Gasteiger partial charge in [0.2, 0.25) is 0 Å². The van der Waals surface area contributed by atoms with Crippen molar-refractivity contribution in [3.8, 4) is 0 Å². The molecule has 0 spiro atoms. The van der Waals surface area contributed by atoms with Gasteiger partial charge in [-0.15, -0.1) is 0 Å². The van der Waals surface area contributed by atoms with Gasteiger partial charge in [0.25, 0.3) is 0 Å². The molecule has 1 aromatic carbocycles. The minimum atomic E-state index is -0.947. The number of rotatable bonds is 3. The SMILES string of the molecule is CC(CO)NC(=O)C(=O)Nc1ccc(Cl)c(F)c1. The Morgan fingerprint density at radius 2 is 2.11 bits per heavy atom. The Balaban J connectivity index is 2.64. The van der Waals surface area contributed by atoms with Crippen molar-refractivity contribution < 1.29 is 19.1 Å². The molecule has 0 radical (unpaired) electrons. The van der Waals surface area contributed by atoms with Crippen LogP contribution < -0.4 is 10.6 Å². The van der Waals surface area contributed by atoms with Crippen LogP contribution in [0.3, 0.4) is 0 Å². The third-order valence-electron chi connectivity index (χ3n) is 2.04. The molecule has 1 rings (SSSR count). The number of nitrogens with one attached hydrogen (secondary N) is 2. The fourth-order valence-corrected chi connectivity index (χ4v) is 1.21. The number of aliphatic hydroxyl groups is 1. The van der Waals surface area contributed by atoms with Crippen LogP contribution in [0.4, 0.5) is 10.1 Å². The maximum absolute atomic E-state index is 13.1. The highest BCUT2D eigenvalue weighted by Gasteiger charge is 2.16. The van der Waals surface area contributed by atoms with Crippen molar-refractivity contribution in [1.29, 1.82) is 0 Å². The summed E-state index contributed by atoms with van der Waals surface area (Å²) in [6.45, 7) is 1.25. The molecule has 0 aliphatic rings. The summed E-state index contributed by atoms with van der Waals surface area (Å²) in [7, 11) is 0. The molecule has 1 atom stereocenters. The molecule has 0 bridgehead atoms. The maximum Gasteiger partial charge on any atom is 0.313 e.